The zero-order valence-electron chi connectivity index (χ0n) is 16.9. The van der Waals surface area contributed by atoms with E-state index in [1.165, 1.54) is 17.8 Å². The van der Waals surface area contributed by atoms with E-state index in [-0.39, 0.29) is 6.10 Å². The molecule has 1 spiro atoms. The number of aryl methyl sites for hydroxylation is 1. The van der Waals surface area contributed by atoms with Gasteiger partial charge in [0.1, 0.15) is 5.82 Å². The van der Waals surface area contributed by atoms with Gasteiger partial charge < -0.3 is 14.6 Å². The summed E-state index contributed by atoms with van der Waals surface area (Å²) in [5.74, 6) is 2.03. The summed E-state index contributed by atoms with van der Waals surface area (Å²) < 4.78 is 2.38. The molecule has 1 atom stereocenters. The third-order valence-corrected chi connectivity index (χ3v) is 7.40. The Balaban J connectivity index is 1.23. The molecule has 1 saturated carbocycles. The molecule has 6 nitrogen and oxygen atoms in total. The molecule has 29 heavy (non-hydrogen) atoms. The number of aliphatic hydroxyl groups excluding tert-OH is 1. The number of fused-ring (bicyclic) bond motifs is 3. The number of imidazole rings is 1. The Bertz CT molecular complexity index is 1060. The second kappa shape index (κ2) is 6.26. The lowest BCUT2D eigenvalue weighted by Gasteiger charge is -2.50. The summed E-state index contributed by atoms with van der Waals surface area (Å²) in [7, 11) is 0. The fourth-order valence-corrected chi connectivity index (χ4v) is 5.62. The van der Waals surface area contributed by atoms with Crippen LogP contribution in [0, 0.1) is 5.41 Å². The Hall–Kier alpha value is -2.47. The molecular weight excluding hydrogens is 362 g/mol. The molecule has 4 heterocycles. The van der Waals surface area contributed by atoms with Crippen LogP contribution in [-0.2, 0) is 6.42 Å². The van der Waals surface area contributed by atoms with Crippen molar-refractivity contribution in [2.24, 2.45) is 5.41 Å². The van der Waals surface area contributed by atoms with Crippen LogP contribution in [0.3, 0.4) is 0 Å². The molecule has 0 amide bonds. The highest BCUT2D eigenvalue weighted by Crippen LogP contribution is 2.49. The van der Waals surface area contributed by atoms with Gasteiger partial charge in [-0.05, 0) is 62.1 Å². The van der Waals surface area contributed by atoms with Crippen molar-refractivity contribution in [3.05, 3.63) is 36.4 Å². The summed E-state index contributed by atoms with van der Waals surface area (Å²) >= 11 is 0. The van der Waals surface area contributed by atoms with Gasteiger partial charge in [0.2, 0.25) is 5.95 Å². The molecular formula is C23H27N5O. The zero-order valence-corrected chi connectivity index (χ0v) is 16.9. The van der Waals surface area contributed by atoms with Crippen molar-refractivity contribution >= 4 is 17.0 Å². The SMILES string of the molecule is C[C@H]1CCc2nc3ccc(-c4cnc(N5CCC6(CC5)CC(O)C6)nc4)cc3n21. The first kappa shape index (κ1) is 17.4. The smallest absolute Gasteiger partial charge is 0.225 e. The number of piperidine rings is 1. The molecule has 6 heteroatoms. The fourth-order valence-electron chi connectivity index (χ4n) is 5.62. The van der Waals surface area contributed by atoms with Gasteiger partial charge in [-0.25, -0.2) is 15.0 Å². The maximum Gasteiger partial charge on any atom is 0.225 e. The van der Waals surface area contributed by atoms with E-state index in [1.54, 1.807) is 0 Å². The topological polar surface area (TPSA) is 67.1 Å². The lowest BCUT2D eigenvalue weighted by molar-refractivity contribution is -0.0465. The van der Waals surface area contributed by atoms with Crippen LogP contribution in [0.15, 0.2) is 30.6 Å². The normalized spacial score (nSPS) is 23.5. The van der Waals surface area contributed by atoms with Crippen LogP contribution >= 0.6 is 0 Å². The first-order valence-corrected chi connectivity index (χ1v) is 10.9. The maximum absolute atomic E-state index is 9.66. The molecule has 3 aromatic rings. The summed E-state index contributed by atoms with van der Waals surface area (Å²) in [6.45, 7) is 4.24. The summed E-state index contributed by atoms with van der Waals surface area (Å²) in [5, 5.41) is 9.66. The van der Waals surface area contributed by atoms with Crippen LogP contribution in [0.4, 0.5) is 5.95 Å². The summed E-state index contributed by atoms with van der Waals surface area (Å²) in [5.41, 5.74) is 4.87. The Morgan fingerprint density at radius 2 is 1.83 bits per heavy atom. The Labute approximate surface area is 170 Å². The average Bonchev–Trinajstić information content (AvgIpc) is 3.27. The van der Waals surface area contributed by atoms with E-state index < -0.39 is 0 Å². The minimum Gasteiger partial charge on any atom is -0.393 e. The van der Waals surface area contributed by atoms with Crippen LogP contribution in [0.1, 0.15) is 50.9 Å². The quantitative estimate of drug-likeness (QED) is 0.723. The van der Waals surface area contributed by atoms with Crippen LogP contribution < -0.4 is 4.90 Å². The van der Waals surface area contributed by atoms with E-state index >= 15 is 0 Å². The first-order chi connectivity index (χ1) is 14.1. The maximum atomic E-state index is 9.66. The molecule has 2 aromatic heterocycles. The number of nitrogens with zero attached hydrogens (tertiary/aromatic N) is 5. The molecule has 0 radical (unpaired) electrons. The molecule has 6 rings (SSSR count). The van der Waals surface area contributed by atoms with Gasteiger partial charge >= 0.3 is 0 Å². The molecule has 2 aliphatic heterocycles. The number of anilines is 1. The molecule has 0 unspecified atom stereocenters. The second-order valence-electron chi connectivity index (χ2n) is 9.31. The Morgan fingerprint density at radius 3 is 2.55 bits per heavy atom. The van der Waals surface area contributed by atoms with Crippen molar-refractivity contribution in [1.82, 2.24) is 19.5 Å². The summed E-state index contributed by atoms with van der Waals surface area (Å²) in [6.07, 6.45) is 10.3. The van der Waals surface area contributed by atoms with Crippen LogP contribution in [-0.4, -0.2) is 43.8 Å². The largest absolute Gasteiger partial charge is 0.393 e. The number of aromatic nitrogens is 4. The average molecular weight is 390 g/mol. The van der Waals surface area contributed by atoms with Gasteiger partial charge in [-0.2, -0.15) is 0 Å². The standard InChI is InChI=1S/C23H27N5O/c1-15-2-5-21-26-19-4-3-16(10-20(19)28(15)21)17-13-24-22(25-14-17)27-8-6-23(7-9-27)11-18(29)12-23/h3-4,10,13-15,18,29H,2,5-9,11-12H2,1H3/t15-/m0/s1. The van der Waals surface area contributed by atoms with Crippen molar-refractivity contribution in [3.8, 4) is 11.1 Å². The Morgan fingerprint density at radius 1 is 1.07 bits per heavy atom. The van der Waals surface area contributed by atoms with E-state index in [2.05, 4.69) is 44.6 Å². The summed E-state index contributed by atoms with van der Waals surface area (Å²) in [4.78, 5) is 16.4. The Kier molecular flexibility index (Phi) is 3.76. The minimum absolute atomic E-state index is 0.0746. The highest BCUT2D eigenvalue weighted by molar-refractivity contribution is 5.82. The number of hydrogen-bond acceptors (Lipinski definition) is 5. The van der Waals surface area contributed by atoms with Gasteiger partial charge in [-0.15, -0.1) is 0 Å². The number of benzene rings is 1. The first-order valence-electron chi connectivity index (χ1n) is 10.9. The molecule has 2 fully saturated rings. The summed E-state index contributed by atoms with van der Waals surface area (Å²) in [6, 6.07) is 7.00. The monoisotopic (exact) mass is 389 g/mol. The van der Waals surface area contributed by atoms with Crippen molar-refractivity contribution < 1.29 is 5.11 Å². The van der Waals surface area contributed by atoms with Crippen molar-refractivity contribution in [2.75, 3.05) is 18.0 Å². The lowest BCUT2D eigenvalue weighted by Crippen LogP contribution is -2.49. The van der Waals surface area contributed by atoms with Crippen molar-refractivity contribution in [2.45, 2.75) is 57.6 Å². The molecule has 0 bridgehead atoms. The van der Waals surface area contributed by atoms with Crippen LogP contribution in [0.5, 0.6) is 0 Å². The number of hydrogen-bond donors (Lipinski definition) is 1. The predicted octanol–water partition coefficient (Wildman–Crippen LogP) is 3.74. The minimum atomic E-state index is -0.0746. The molecule has 3 aliphatic rings. The van der Waals surface area contributed by atoms with E-state index in [4.69, 9.17) is 4.98 Å². The highest BCUT2D eigenvalue weighted by atomic mass is 16.3. The van der Waals surface area contributed by atoms with Gasteiger partial charge in [0.15, 0.2) is 0 Å². The number of rotatable bonds is 2. The van der Waals surface area contributed by atoms with Gasteiger partial charge in [-0.1, -0.05) is 6.07 Å². The van der Waals surface area contributed by atoms with Crippen molar-refractivity contribution in [1.29, 1.82) is 0 Å². The van der Waals surface area contributed by atoms with E-state index in [0.29, 0.717) is 11.5 Å². The predicted molar refractivity (Wildman–Crippen MR) is 113 cm³/mol. The van der Waals surface area contributed by atoms with Gasteiger partial charge in [0.25, 0.3) is 0 Å². The van der Waals surface area contributed by atoms with Crippen LogP contribution in [0.25, 0.3) is 22.2 Å². The van der Waals surface area contributed by atoms with Gasteiger partial charge in [0.05, 0.1) is 17.1 Å². The third-order valence-electron chi connectivity index (χ3n) is 7.40. The van der Waals surface area contributed by atoms with E-state index in [1.807, 2.05) is 12.4 Å². The van der Waals surface area contributed by atoms with Crippen LogP contribution in [0.2, 0.25) is 0 Å². The van der Waals surface area contributed by atoms with Crippen molar-refractivity contribution in [3.63, 3.8) is 0 Å². The van der Waals surface area contributed by atoms with Gasteiger partial charge in [-0.3, -0.25) is 0 Å². The second-order valence-corrected chi connectivity index (χ2v) is 9.31. The number of aliphatic hydroxyl groups is 1. The zero-order chi connectivity index (χ0) is 19.6. The van der Waals surface area contributed by atoms with E-state index in [0.717, 1.165) is 67.8 Å². The fraction of sp³-hybridized carbons (Fsp3) is 0.522. The lowest BCUT2D eigenvalue weighted by atomic mass is 9.61. The van der Waals surface area contributed by atoms with Gasteiger partial charge in [0, 0.05) is 43.5 Å². The van der Waals surface area contributed by atoms with E-state index in [9.17, 15) is 5.11 Å². The third kappa shape index (κ3) is 2.76. The molecule has 1 saturated heterocycles. The highest BCUT2D eigenvalue weighted by Gasteiger charge is 2.45. The molecule has 1 aliphatic carbocycles. The molecule has 1 aromatic carbocycles. The molecule has 1 N–H and O–H groups in total. The molecule has 150 valence electrons.